The van der Waals surface area contributed by atoms with Crippen LogP contribution in [0.15, 0.2) is 10.9 Å². The zero-order valence-corrected chi connectivity index (χ0v) is 10.6. The van der Waals surface area contributed by atoms with Crippen molar-refractivity contribution in [3.63, 3.8) is 0 Å². The van der Waals surface area contributed by atoms with Crippen molar-refractivity contribution in [1.82, 2.24) is 9.55 Å². The van der Waals surface area contributed by atoms with Gasteiger partial charge in [-0.2, -0.15) is 4.98 Å². The van der Waals surface area contributed by atoms with E-state index in [2.05, 4.69) is 18.8 Å². The van der Waals surface area contributed by atoms with E-state index < -0.39 is 0 Å². The van der Waals surface area contributed by atoms with Crippen LogP contribution in [0.2, 0.25) is 0 Å². The zero-order valence-electron chi connectivity index (χ0n) is 10.6. The minimum atomic E-state index is -0.162. The first-order chi connectivity index (χ1) is 7.35. The maximum Gasteiger partial charge on any atom is 0.347 e. The monoisotopic (exact) mass is 223 g/mol. The van der Waals surface area contributed by atoms with Gasteiger partial charge in [0.1, 0.15) is 0 Å². The first-order valence-corrected chi connectivity index (χ1v) is 5.61. The van der Waals surface area contributed by atoms with Crippen LogP contribution in [0.5, 0.6) is 0 Å². The molecule has 0 amide bonds. The molecule has 0 fully saturated rings. The van der Waals surface area contributed by atoms with Gasteiger partial charge in [-0.15, -0.1) is 0 Å². The third-order valence-corrected chi connectivity index (χ3v) is 2.91. The van der Waals surface area contributed by atoms with Crippen molar-refractivity contribution in [2.24, 2.45) is 11.1 Å². The predicted octanol–water partition coefficient (Wildman–Crippen LogP) is 1.24. The van der Waals surface area contributed by atoms with Crippen LogP contribution in [0.4, 0.5) is 0 Å². The summed E-state index contributed by atoms with van der Waals surface area (Å²) in [7, 11) is 0. The largest absolute Gasteiger partial charge is 0.347 e. The predicted molar refractivity (Wildman–Crippen MR) is 65.4 cm³/mol. The summed E-state index contributed by atoms with van der Waals surface area (Å²) < 4.78 is 1.71. The lowest BCUT2D eigenvalue weighted by Gasteiger charge is -2.23. The van der Waals surface area contributed by atoms with Crippen molar-refractivity contribution < 1.29 is 0 Å². The summed E-state index contributed by atoms with van der Waals surface area (Å²) in [5.41, 5.74) is 7.31. The van der Waals surface area contributed by atoms with Gasteiger partial charge in [0.05, 0.1) is 0 Å². The average molecular weight is 223 g/mol. The fourth-order valence-electron chi connectivity index (χ4n) is 1.56. The molecule has 1 aromatic rings. The molecule has 1 heterocycles. The first kappa shape index (κ1) is 12.9. The molecular weight excluding hydrogens is 202 g/mol. The molecule has 0 bridgehead atoms. The van der Waals surface area contributed by atoms with E-state index in [0.717, 1.165) is 17.8 Å². The Morgan fingerprint density at radius 2 is 2.06 bits per heavy atom. The number of hydrogen-bond acceptors (Lipinski definition) is 3. The number of rotatable bonds is 4. The molecule has 4 nitrogen and oxygen atoms in total. The standard InChI is InChI=1S/C12H21N3O/c1-9-7-10(2)15(11(16)14-9)6-5-12(3,4)8-13/h7H,5-6,8,13H2,1-4H3. The normalized spacial score (nSPS) is 11.8. The summed E-state index contributed by atoms with van der Waals surface area (Å²) in [5.74, 6) is 0. The minimum Gasteiger partial charge on any atom is -0.330 e. The molecular formula is C12H21N3O. The van der Waals surface area contributed by atoms with Gasteiger partial charge in [0.2, 0.25) is 0 Å². The minimum absolute atomic E-state index is 0.0662. The zero-order chi connectivity index (χ0) is 12.3. The second-order valence-electron chi connectivity index (χ2n) is 5.09. The maximum absolute atomic E-state index is 11.7. The lowest BCUT2D eigenvalue weighted by atomic mass is 9.89. The van der Waals surface area contributed by atoms with E-state index in [9.17, 15) is 4.79 Å². The van der Waals surface area contributed by atoms with Gasteiger partial charge in [0.25, 0.3) is 0 Å². The van der Waals surface area contributed by atoms with Crippen molar-refractivity contribution in [2.75, 3.05) is 6.54 Å². The third kappa shape index (κ3) is 3.17. The van der Waals surface area contributed by atoms with Gasteiger partial charge < -0.3 is 5.73 Å². The highest BCUT2D eigenvalue weighted by Crippen LogP contribution is 2.18. The van der Waals surface area contributed by atoms with Crippen molar-refractivity contribution in [2.45, 2.75) is 40.7 Å². The quantitative estimate of drug-likeness (QED) is 0.835. The van der Waals surface area contributed by atoms with Gasteiger partial charge in [0.15, 0.2) is 0 Å². The van der Waals surface area contributed by atoms with E-state index >= 15 is 0 Å². The summed E-state index contributed by atoms with van der Waals surface area (Å²) in [6.45, 7) is 9.29. The molecule has 0 atom stereocenters. The van der Waals surface area contributed by atoms with E-state index in [4.69, 9.17) is 5.73 Å². The molecule has 0 aromatic carbocycles. The fourth-order valence-corrected chi connectivity index (χ4v) is 1.56. The Hall–Kier alpha value is -1.16. The second-order valence-corrected chi connectivity index (χ2v) is 5.09. The third-order valence-electron chi connectivity index (χ3n) is 2.91. The summed E-state index contributed by atoms with van der Waals surface area (Å²) in [6.07, 6.45) is 0.884. The number of hydrogen-bond donors (Lipinski definition) is 1. The van der Waals surface area contributed by atoms with Crippen LogP contribution in [0.25, 0.3) is 0 Å². The van der Waals surface area contributed by atoms with Crippen LogP contribution in [-0.2, 0) is 6.54 Å². The molecule has 0 spiro atoms. The molecule has 0 radical (unpaired) electrons. The summed E-state index contributed by atoms with van der Waals surface area (Å²) in [5, 5.41) is 0. The molecule has 0 aliphatic rings. The highest BCUT2D eigenvalue weighted by atomic mass is 16.1. The Morgan fingerprint density at radius 3 is 2.56 bits per heavy atom. The maximum atomic E-state index is 11.7. The highest BCUT2D eigenvalue weighted by Gasteiger charge is 2.16. The SMILES string of the molecule is Cc1cc(C)n(CCC(C)(C)CN)c(=O)n1. The molecule has 0 saturated heterocycles. The Bertz CT molecular complexity index is 421. The van der Waals surface area contributed by atoms with Gasteiger partial charge in [-0.05, 0) is 38.3 Å². The first-order valence-electron chi connectivity index (χ1n) is 5.61. The smallest absolute Gasteiger partial charge is 0.330 e. The molecule has 1 aromatic heterocycles. The lowest BCUT2D eigenvalue weighted by Crippen LogP contribution is -2.30. The van der Waals surface area contributed by atoms with E-state index in [0.29, 0.717) is 13.1 Å². The van der Waals surface area contributed by atoms with E-state index in [1.807, 2.05) is 19.9 Å². The molecule has 0 aliphatic heterocycles. The molecule has 16 heavy (non-hydrogen) atoms. The van der Waals surface area contributed by atoms with Gasteiger partial charge in [-0.1, -0.05) is 13.8 Å². The van der Waals surface area contributed by atoms with Gasteiger partial charge >= 0.3 is 5.69 Å². The van der Waals surface area contributed by atoms with E-state index in [1.165, 1.54) is 0 Å². The second kappa shape index (κ2) is 4.78. The highest BCUT2D eigenvalue weighted by molar-refractivity contribution is 5.06. The van der Waals surface area contributed by atoms with Gasteiger partial charge in [-0.3, -0.25) is 4.57 Å². The molecule has 0 saturated carbocycles. The Labute approximate surface area is 96.5 Å². The van der Waals surface area contributed by atoms with Gasteiger partial charge in [0, 0.05) is 17.9 Å². The molecule has 0 unspecified atom stereocenters. The van der Waals surface area contributed by atoms with Crippen molar-refractivity contribution >= 4 is 0 Å². The molecule has 90 valence electrons. The van der Waals surface area contributed by atoms with Crippen LogP contribution in [0.1, 0.15) is 31.7 Å². The fraction of sp³-hybridized carbons (Fsp3) is 0.667. The van der Waals surface area contributed by atoms with E-state index in [1.54, 1.807) is 4.57 Å². The number of aryl methyl sites for hydroxylation is 2. The molecule has 4 heteroatoms. The Morgan fingerprint density at radius 1 is 1.44 bits per heavy atom. The lowest BCUT2D eigenvalue weighted by molar-refractivity contribution is 0.319. The molecule has 2 N–H and O–H groups in total. The van der Waals surface area contributed by atoms with Crippen LogP contribution in [-0.4, -0.2) is 16.1 Å². The van der Waals surface area contributed by atoms with Crippen LogP contribution < -0.4 is 11.4 Å². The molecule has 0 aliphatic carbocycles. The number of aromatic nitrogens is 2. The van der Waals surface area contributed by atoms with Crippen LogP contribution in [0.3, 0.4) is 0 Å². The van der Waals surface area contributed by atoms with Crippen molar-refractivity contribution in [3.8, 4) is 0 Å². The summed E-state index contributed by atoms with van der Waals surface area (Å²) in [6, 6.07) is 1.93. The van der Waals surface area contributed by atoms with Crippen LogP contribution >= 0.6 is 0 Å². The average Bonchev–Trinajstić information content (AvgIpc) is 2.16. The van der Waals surface area contributed by atoms with Crippen molar-refractivity contribution in [3.05, 3.63) is 27.9 Å². The number of nitrogens with two attached hydrogens (primary N) is 1. The van der Waals surface area contributed by atoms with E-state index in [-0.39, 0.29) is 11.1 Å². The summed E-state index contributed by atoms with van der Waals surface area (Å²) in [4.78, 5) is 15.6. The number of nitrogens with zero attached hydrogens (tertiary/aromatic N) is 2. The Kier molecular flexibility index (Phi) is 3.86. The van der Waals surface area contributed by atoms with Crippen LogP contribution in [0, 0.1) is 19.3 Å². The van der Waals surface area contributed by atoms with Gasteiger partial charge in [-0.25, -0.2) is 4.79 Å². The topological polar surface area (TPSA) is 60.9 Å². The van der Waals surface area contributed by atoms with Crippen molar-refractivity contribution in [1.29, 1.82) is 0 Å². The molecule has 1 rings (SSSR count). The summed E-state index contributed by atoms with van der Waals surface area (Å²) >= 11 is 0. The Balaban J connectivity index is 2.87.